The minimum absolute atomic E-state index is 0.00473. The fourth-order valence-electron chi connectivity index (χ4n) is 8.86. The van der Waals surface area contributed by atoms with Crippen LogP contribution in [-0.2, 0) is 45.6 Å². The van der Waals surface area contributed by atoms with Crippen molar-refractivity contribution < 1.29 is 57.2 Å². The normalized spacial score (nSPS) is 15.4. The number of hydrogen-bond acceptors (Lipinski definition) is 20. The van der Waals surface area contributed by atoms with Crippen molar-refractivity contribution in [1.82, 2.24) is 15.2 Å². The van der Waals surface area contributed by atoms with Crippen LogP contribution in [0.25, 0.3) is 10.1 Å². The molecule has 2 aliphatic heterocycles. The van der Waals surface area contributed by atoms with Gasteiger partial charge >= 0.3 is 18.3 Å². The fraction of sp³-hybridized carbons (Fsp3) is 0.267. The molecule has 0 unspecified atom stereocenters. The Labute approximate surface area is 489 Å². The van der Waals surface area contributed by atoms with E-state index in [1.165, 1.54) is 76.4 Å². The van der Waals surface area contributed by atoms with E-state index in [-0.39, 0.29) is 52.1 Å². The fourth-order valence-corrected chi connectivity index (χ4v) is 13.3. The van der Waals surface area contributed by atoms with E-state index in [1.54, 1.807) is 78.3 Å². The Bertz CT molecular complexity index is 3540. The number of thiazole rings is 1. The van der Waals surface area contributed by atoms with E-state index in [9.17, 15) is 28.8 Å². The van der Waals surface area contributed by atoms with Crippen LogP contribution in [0.5, 0.6) is 17.2 Å². The number of fused-ring (bicyclic) bond motifs is 2. The molecule has 2 aliphatic rings. The third-order valence-corrected chi connectivity index (χ3v) is 16.9. The van der Waals surface area contributed by atoms with Gasteiger partial charge in [0.1, 0.15) is 59.0 Å². The zero-order valence-electron chi connectivity index (χ0n) is 45.8. The highest BCUT2D eigenvalue weighted by Gasteiger charge is 2.55. The smallest absolute Gasteiger partial charge is 0.497 e. The topological polar surface area (TPSA) is 220 Å². The van der Waals surface area contributed by atoms with Crippen LogP contribution < -0.4 is 30.3 Å². The second-order valence-electron chi connectivity index (χ2n) is 20.5. The third-order valence-electron chi connectivity index (χ3n) is 12.4. The molecule has 22 heteroatoms. The molecule has 0 radical (unpaired) electrons. The number of aromatic nitrogens is 1. The first kappa shape index (κ1) is 58.5. The summed E-state index contributed by atoms with van der Waals surface area (Å²) >= 11 is 5.01. The molecule has 7 aromatic rings. The molecule has 82 heavy (non-hydrogen) atoms. The van der Waals surface area contributed by atoms with E-state index in [0.29, 0.717) is 30.9 Å². The number of anilines is 1. The summed E-state index contributed by atoms with van der Waals surface area (Å²) in [5.74, 6) is -1.56. The first-order valence-electron chi connectivity index (χ1n) is 25.6. The molecule has 424 valence electrons. The van der Waals surface area contributed by atoms with Gasteiger partial charge in [-0.3, -0.25) is 19.3 Å². The van der Waals surface area contributed by atoms with Gasteiger partial charge in [-0.05, 0) is 87.6 Å². The molecule has 9 rings (SSSR count). The lowest BCUT2D eigenvalue weighted by Crippen LogP contribution is -2.71. The van der Waals surface area contributed by atoms with Crippen LogP contribution in [-0.4, -0.2) is 94.0 Å². The maximum absolute atomic E-state index is 14.4. The minimum Gasteiger partial charge on any atom is -0.497 e. The van der Waals surface area contributed by atoms with Crippen molar-refractivity contribution in [3.63, 3.8) is 0 Å². The standard InChI is InChI=1S/C60H57N5O13S4/c1-58(2,3)77-56(70)75-44-28-41-43(66)29-47(82-46(41)30-45(44)76-57(71)78-59(4,5)6)79-32-36-33-80-53-49(52(68)65(53)50(36)54(69)74-31-35-24-26-40(72-7)27-25-35)62-51(67)48(64-73-8)42-34-81-55(61-42)63-60(37-18-12-9-13-19-37,38-20-14-10-15-21-38)39-22-16-11-17-23-39/h9-30,34,49,53H,31-33H2,1-8H3,(H,61,63)(H,62,67)/b64-48-/t49-,53-/m1/s1. The predicted molar refractivity (Wildman–Crippen MR) is 316 cm³/mol. The number of esters is 1. The number of ether oxygens (including phenoxy) is 6. The highest BCUT2D eigenvalue weighted by atomic mass is 32.2. The lowest BCUT2D eigenvalue weighted by molar-refractivity contribution is -0.153. The molecule has 2 N–H and O–H groups in total. The van der Waals surface area contributed by atoms with E-state index < -0.39 is 63.7 Å². The monoisotopic (exact) mass is 1180 g/mol. The molecule has 18 nitrogen and oxygen atoms in total. The number of methoxy groups -OCH3 is 1. The number of nitrogens with zero attached hydrogens (tertiary/aromatic N) is 3. The summed E-state index contributed by atoms with van der Waals surface area (Å²) in [6.07, 6.45) is -2.17. The van der Waals surface area contributed by atoms with Crippen molar-refractivity contribution in [2.45, 2.75) is 80.5 Å². The van der Waals surface area contributed by atoms with Crippen LogP contribution in [0, 0.1) is 0 Å². The summed E-state index contributed by atoms with van der Waals surface area (Å²) in [4.78, 5) is 94.1. The van der Waals surface area contributed by atoms with E-state index in [1.807, 2.05) is 91.0 Å². The van der Waals surface area contributed by atoms with E-state index >= 15 is 0 Å². The van der Waals surface area contributed by atoms with Crippen molar-refractivity contribution in [2.75, 3.05) is 31.0 Å². The molecule has 2 aromatic heterocycles. The van der Waals surface area contributed by atoms with Gasteiger partial charge in [0, 0.05) is 39.1 Å². The molecule has 2 atom stereocenters. The zero-order valence-corrected chi connectivity index (χ0v) is 49.1. The number of β-lactam (4-membered cyclic amide) rings is 1. The average molecular weight is 1180 g/mol. The van der Waals surface area contributed by atoms with Gasteiger partial charge in [0.25, 0.3) is 11.8 Å². The molecule has 1 fully saturated rings. The number of hydrogen-bond donors (Lipinski definition) is 2. The van der Waals surface area contributed by atoms with Crippen LogP contribution in [0.2, 0.25) is 0 Å². The highest BCUT2D eigenvalue weighted by Crippen LogP contribution is 2.44. The van der Waals surface area contributed by atoms with Gasteiger partial charge in [-0.25, -0.2) is 19.4 Å². The van der Waals surface area contributed by atoms with Gasteiger partial charge in [0.15, 0.2) is 27.8 Å². The number of thioether (sulfide) groups is 2. The van der Waals surface area contributed by atoms with Gasteiger partial charge in [-0.1, -0.05) is 108 Å². The van der Waals surface area contributed by atoms with Crippen LogP contribution in [0.4, 0.5) is 14.7 Å². The number of carbonyl (C=O) groups excluding carboxylic acids is 5. The molecule has 0 aliphatic carbocycles. The maximum Gasteiger partial charge on any atom is 0.514 e. The number of rotatable bonds is 18. The van der Waals surface area contributed by atoms with Gasteiger partial charge < -0.3 is 43.9 Å². The number of nitrogens with one attached hydrogen (secondary N) is 2. The van der Waals surface area contributed by atoms with Crippen molar-refractivity contribution in [1.29, 1.82) is 0 Å². The van der Waals surface area contributed by atoms with Crippen molar-refractivity contribution in [3.05, 3.63) is 188 Å². The Morgan fingerprint density at radius 1 is 0.756 bits per heavy atom. The summed E-state index contributed by atoms with van der Waals surface area (Å²) in [7, 11) is 2.85. The van der Waals surface area contributed by atoms with Crippen molar-refractivity contribution >= 4 is 97.2 Å². The van der Waals surface area contributed by atoms with Crippen molar-refractivity contribution in [3.8, 4) is 17.2 Å². The van der Waals surface area contributed by atoms with E-state index in [4.69, 9.17) is 38.2 Å². The second kappa shape index (κ2) is 24.9. The zero-order chi connectivity index (χ0) is 58.3. The first-order valence-corrected chi connectivity index (χ1v) is 29.3. The Balaban J connectivity index is 0.974. The SMILES string of the molecule is CO/N=C(\C(=O)N[C@@H]1C(=O)N2C(C(=O)OCc3ccc(OC)cc3)=C(CSc3cc(=O)c4cc(OC(=O)OC(C)(C)C)c(OC(=O)OC(C)(C)C)cc4s3)CS[C@H]12)c1csc(NC(c2ccccc2)(c2ccccc2)c2ccccc2)n1. The first-order chi connectivity index (χ1) is 39.2. The molecule has 0 spiro atoms. The summed E-state index contributed by atoms with van der Waals surface area (Å²) in [5, 5.41) is 12.2. The number of carbonyl (C=O) groups is 5. The number of oxime groups is 1. The van der Waals surface area contributed by atoms with Gasteiger partial charge in [-0.15, -0.1) is 46.2 Å². The Hall–Kier alpha value is -8.18. The molecule has 0 bridgehead atoms. The van der Waals surface area contributed by atoms with E-state index in [2.05, 4.69) is 15.8 Å². The lowest BCUT2D eigenvalue weighted by Gasteiger charge is -2.49. The number of amides is 2. The van der Waals surface area contributed by atoms with Gasteiger partial charge in [-0.2, -0.15) is 0 Å². The third kappa shape index (κ3) is 13.4. The van der Waals surface area contributed by atoms with Crippen molar-refractivity contribution in [2.24, 2.45) is 5.16 Å². The molecule has 1 saturated heterocycles. The average Bonchev–Trinajstić information content (AvgIpc) is 1.69. The summed E-state index contributed by atoms with van der Waals surface area (Å²) < 4.78 is 33.7. The van der Waals surface area contributed by atoms with Gasteiger partial charge in [0.2, 0.25) is 0 Å². The molecule has 0 saturated carbocycles. The lowest BCUT2D eigenvalue weighted by atomic mass is 9.77. The Morgan fingerprint density at radius 3 is 1.88 bits per heavy atom. The second-order valence-corrected chi connectivity index (χ2v) is 24.8. The summed E-state index contributed by atoms with van der Waals surface area (Å²) in [5.41, 5.74) is 0.851. The largest absolute Gasteiger partial charge is 0.514 e. The summed E-state index contributed by atoms with van der Waals surface area (Å²) in [6, 6.07) is 39.9. The van der Waals surface area contributed by atoms with Crippen LogP contribution >= 0.6 is 46.2 Å². The highest BCUT2D eigenvalue weighted by molar-refractivity contribution is 8.02. The van der Waals surface area contributed by atoms with Gasteiger partial charge in [0.05, 0.1) is 11.3 Å². The molecule has 2 amide bonds. The number of benzene rings is 5. The van der Waals surface area contributed by atoms with E-state index in [0.717, 1.165) is 16.7 Å². The Morgan fingerprint density at radius 2 is 1.33 bits per heavy atom. The predicted octanol–water partition coefficient (Wildman–Crippen LogP) is 11.3. The van der Waals surface area contributed by atoms with Crippen LogP contribution in [0.1, 0.15) is 69.5 Å². The molecular formula is C60H57N5O13S4. The maximum atomic E-state index is 14.4. The molecule has 4 heterocycles. The quantitative estimate of drug-likeness (QED) is 0.0119. The van der Waals surface area contributed by atoms with Crippen LogP contribution in [0.3, 0.4) is 0 Å². The molecular weight excluding hydrogens is 1130 g/mol. The van der Waals surface area contributed by atoms with Crippen LogP contribution in [0.15, 0.2) is 164 Å². The summed E-state index contributed by atoms with van der Waals surface area (Å²) in [6.45, 7) is 9.80. The molecule has 5 aromatic carbocycles. The Kier molecular flexibility index (Phi) is 17.8. The minimum atomic E-state index is -1.09.